The van der Waals surface area contributed by atoms with Crippen LogP contribution in [0.15, 0.2) is 59.7 Å². The number of phenolic OH excluding ortho intramolecular Hbond substituents is 1. The number of benzene rings is 2. The number of carbonyl (C=O) groups excluding carboxylic acids is 1. The Morgan fingerprint density at radius 1 is 1.05 bits per heavy atom. The lowest BCUT2D eigenvalue weighted by atomic mass is 10.0. The first kappa shape index (κ1) is 14.8. The van der Waals surface area contributed by atoms with Crippen LogP contribution in [0.25, 0.3) is 0 Å². The zero-order valence-electron chi connectivity index (χ0n) is 12.1. The molecule has 0 unspecified atom stereocenters. The summed E-state index contributed by atoms with van der Waals surface area (Å²) in [5.41, 5.74) is 4.47. The minimum Gasteiger partial charge on any atom is -0.507 e. The van der Waals surface area contributed by atoms with E-state index in [1.54, 1.807) is 18.2 Å². The maximum atomic E-state index is 12.0. The van der Waals surface area contributed by atoms with E-state index in [0.717, 1.165) is 11.3 Å². The standard InChI is InChI=1S/C17H18N2O2/c1-12(2)16(13-8-4-3-5-9-13)18-19-17(21)14-10-6-7-11-15(14)20/h3-12,20H,1-2H3,(H,19,21). The van der Waals surface area contributed by atoms with Gasteiger partial charge in [-0.05, 0) is 23.6 Å². The van der Waals surface area contributed by atoms with Crippen molar-refractivity contribution in [3.05, 3.63) is 65.7 Å². The average Bonchev–Trinajstić information content (AvgIpc) is 2.48. The van der Waals surface area contributed by atoms with Gasteiger partial charge in [0, 0.05) is 0 Å². The summed E-state index contributed by atoms with van der Waals surface area (Å²) >= 11 is 0. The van der Waals surface area contributed by atoms with Crippen molar-refractivity contribution in [2.45, 2.75) is 13.8 Å². The summed E-state index contributed by atoms with van der Waals surface area (Å²) in [6.45, 7) is 4.02. The predicted molar refractivity (Wildman–Crippen MR) is 83.4 cm³/mol. The fourth-order valence-corrected chi connectivity index (χ4v) is 1.97. The van der Waals surface area contributed by atoms with Crippen molar-refractivity contribution in [1.82, 2.24) is 5.43 Å². The van der Waals surface area contributed by atoms with Crippen molar-refractivity contribution in [3.8, 4) is 5.75 Å². The normalized spacial score (nSPS) is 11.5. The van der Waals surface area contributed by atoms with E-state index in [1.807, 2.05) is 44.2 Å². The van der Waals surface area contributed by atoms with Gasteiger partial charge in [0.15, 0.2) is 0 Å². The van der Waals surface area contributed by atoms with E-state index in [1.165, 1.54) is 6.07 Å². The van der Waals surface area contributed by atoms with Crippen molar-refractivity contribution in [3.63, 3.8) is 0 Å². The van der Waals surface area contributed by atoms with Gasteiger partial charge in [-0.15, -0.1) is 0 Å². The van der Waals surface area contributed by atoms with Crippen LogP contribution in [0, 0.1) is 5.92 Å². The van der Waals surface area contributed by atoms with Crippen molar-refractivity contribution in [1.29, 1.82) is 0 Å². The zero-order chi connectivity index (χ0) is 15.2. The highest BCUT2D eigenvalue weighted by Gasteiger charge is 2.12. The van der Waals surface area contributed by atoms with Crippen LogP contribution < -0.4 is 5.43 Å². The van der Waals surface area contributed by atoms with Crippen molar-refractivity contribution in [2.75, 3.05) is 0 Å². The third-order valence-electron chi connectivity index (χ3n) is 3.04. The molecule has 0 atom stereocenters. The molecule has 0 aliphatic heterocycles. The van der Waals surface area contributed by atoms with Crippen molar-refractivity contribution in [2.24, 2.45) is 11.0 Å². The van der Waals surface area contributed by atoms with E-state index < -0.39 is 5.91 Å². The maximum Gasteiger partial charge on any atom is 0.275 e. The van der Waals surface area contributed by atoms with Crippen LogP contribution in [0.3, 0.4) is 0 Å². The molecule has 2 aromatic carbocycles. The monoisotopic (exact) mass is 282 g/mol. The summed E-state index contributed by atoms with van der Waals surface area (Å²) < 4.78 is 0. The van der Waals surface area contributed by atoms with Crippen LogP contribution in [0.1, 0.15) is 29.8 Å². The van der Waals surface area contributed by atoms with Crippen LogP contribution >= 0.6 is 0 Å². The Kier molecular flexibility index (Phi) is 4.72. The van der Waals surface area contributed by atoms with Crippen LogP contribution in [-0.4, -0.2) is 16.7 Å². The molecule has 0 fully saturated rings. The van der Waals surface area contributed by atoms with Gasteiger partial charge in [0.2, 0.25) is 0 Å². The number of hydrazone groups is 1. The van der Waals surface area contributed by atoms with Crippen LogP contribution in [0.5, 0.6) is 5.75 Å². The third kappa shape index (κ3) is 3.69. The van der Waals surface area contributed by atoms with E-state index in [2.05, 4.69) is 10.5 Å². The Morgan fingerprint density at radius 2 is 1.67 bits per heavy atom. The van der Waals surface area contributed by atoms with Crippen LogP contribution in [0.4, 0.5) is 0 Å². The SMILES string of the molecule is CC(C)C(=NNC(=O)c1ccccc1O)c1ccccc1. The Morgan fingerprint density at radius 3 is 2.29 bits per heavy atom. The molecule has 0 bridgehead atoms. The topological polar surface area (TPSA) is 61.7 Å². The maximum absolute atomic E-state index is 12.0. The quantitative estimate of drug-likeness (QED) is 0.668. The number of nitrogens with zero attached hydrogens (tertiary/aromatic N) is 1. The predicted octanol–water partition coefficient (Wildman–Crippen LogP) is 3.18. The molecule has 21 heavy (non-hydrogen) atoms. The number of phenols is 1. The summed E-state index contributed by atoms with van der Waals surface area (Å²) in [6, 6.07) is 16.1. The number of amides is 1. The van der Waals surface area contributed by atoms with Gasteiger partial charge in [0.05, 0.1) is 11.3 Å². The van der Waals surface area contributed by atoms with Crippen LogP contribution in [-0.2, 0) is 0 Å². The molecule has 1 amide bonds. The van der Waals surface area contributed by atoms with E-state index in [0.29, 0.717) is 0 Å². The highest BCUT2D eigenvalue weighted by molar-refractivity contribution is 6.03. The molecule has 2 N–H and O–H groups in total. The van der Waals surface area contributed by atoms with Gasteiger partial charge in [0.25, 0.3) is 5.91 Å². The van der Waals surface area contributed by atoms with Gasteiger partial charge >= 0.3 is 0 Å². The molecule has 4 nitrogen and oxygen atoms in total. The number of hydrogen-bond donors (Lipinski definition) is 2. The van der Waals surface area contributed by atoms with Gasteiger partial charge in [-0.2, -0.15) is 5.10 Å². The third-order valence-corrected chi connectivity index (χ3v) is 3.04. The molecule has 0 heterocycles. The fraction of sp³-hybridized carbons (Fsp3) is 0.176. The summed E-state index contributed by atoms with van der Waals surface area (Å²) in [5.74, 6) is -0.324. The van der Waals surface area contributed by atoms with E-state index in [-0.39, 0.29) is 17.2 Å². The lowest BCUT2D eigenvalue weighted by molar-refractivity contribution is 0.0952. The van der Waals surface area contributed by atoms with Gasteiger partial charge in [0.1, 0.15) is 5.75 Å². The second-order valence-corrected chi connectivity index (χ2v) is 4.98. The highest BCUT2D eigenvalue weighted by Crippen LogP contribution is 2.15. The minimum atomic E-state index is -0.429. The van der Waals surface area contributed by atoms with Crippen LogP contribution in [0.2, 0.25) is 0 Å². The number of aromatic hydroxyl groups is 1. The van der Waals surface area contributed by atoms with E-state index >= 15 is 0 Å². The Bertz CT molecular complexity index is 649. The van der Waals surface area contributed by atoms with Gasteiger partial charge in [-0.1, -0.05) is 56.3 Å². The number of carbonyl (C=O) groups is 1. The van der Waals surface area contributed by atoms with E-state index in [9.17, 15) is 9.90 Å². The second kappa shape index (κ2) is 6.70. The number of nitrogens with one attached hydrogen (secondary N) is 1. The first-order valence-corrected chi connectivity index (χ1v) is 6.81. The Balaban J connectivity index is 2.22. The molecule has 0 saturated carbocycles. The fourth-order valence-electron chi connectivity index (χ4n) is 1.97. The molecule has 0 aliphatic rings. The van der Waals surface area contributed by atoms with Gasteiger partial charge < -0.3 is 5.11 Å². The first-order valence-electron chi connectivity index (χ1n) is 6.81. The molecule has 0 saturated heterocycles. The van der Waals surface area contributed by atoms with Gasteiger partial charge in [-0.3, -0.25) is 4.79 Å². The molecular weight excluding hydrogens is 264 g/mol. The molecular formula is C17H18N2O2. The summed E-state index contributed by atoms with van der Waals surface area (Å²) in [5, 5.41) is 13.9. The summed E-state index contributed by atoms with van der Waals surface area (Å²) in [4.78, 5) is 12.0. The Hall–Kier alpha value is -2.62. The first-order chi connectivity index (χ1) is 10.1. The van der Waals surface area contributed by atoms with E-state index in [4.69, 9.17) is 0 Å². The number of hydrogen-bond acceptors (Lipinski definition) is 3. The summed E-state index contributed by atoms with van der Waals surface area (Å²) in [6.07, 6.45) is 0. The molecule has 2 rings (SSSR count). The molecule has 0 spiro atoms. The number of para-hydroxylation sites is 1. The molecule has 4 heteroatoms. The van der Waals surface area contributed by atoms with Crippen molar-refractivity contribution < 1.29 is 9.90 Å². The molecule has 108 valence electrons. The smallest absolute Gasteiger partial charge is 0.275 e. The minimum absolute atomic E-state index is 0.0593. The van der Waals surface area contributed by atoms with Crippen molar-refractivity contribution >= 4 is 11.6 Å². The molecule has 0 aromatic heterocycles. The zero-order valence-corrected chi connectivity index (χ0v) is 12.1. The average molecular weight is 282 g/mol. The second-order valence-electron chi connectivity index (χ2n) is 4.98. The highest BCUT2D eigenvalue weighted by atomic mass is 16.3. The Labute approximate surface area is 124 Å². The lowest BCUT2D eigenvalue weighted by Gasteiger charge is -2.11. The molecule has 0 aliphatic carbocycles. The largest absolute Gasteiger partial charge is 0.507 e. The lowest BCUT2D eigenvalue weighted by Crippen LogP contribution is -2.22. The van der Waals surface area contributed by atoms with Gasteiger partial charge in [-0.25, -0.2) is 5.43 Å². The summed E-state index contributed by atoms with van der Waals surface area (Å²) in [7, 11) is 0. The molecule has 0 radical (unpaired) electrons. The number of rotatable bonds is 4. The molecule has 2 aromatic rings.